The Morgan fingerprint density at radius 2 is 2.41 bits per heavy atom. The predicted octanol–water partition coefficient (Wildman–Crippen LogP) is 4.79. The highest BCUT2D eigenvalue weighted by atomic mass is 79.9. The molecule has 0 aliphatic carbocycles. The summed E-state index contributed by atoms with van der Waals surface area (Å²) in [5, 5.41) is 5.04. The standard InChI is InChI=1S/C12H14BrClN2S/c1-2-8-6-7-17-12(15-8)16-10-5-3-4-9(14)11(10)13/h3-5,8H,2,6-7H2,1H3,(H,15,16). The molecule has 2 rings (SSSR count). The van der Waals surface area contributed by atoms with Crippen molar-refractivity contribution in [1.29, 1.82) is 0 Å². The van der Waals surface area contributed by atoms with Gasteiger partial charge in [-0.05, 0) is 40.9 Å². The molecule has 0 radical (unpaired) electrons. The summed E-state index contributed by atoms with van der Waals surface area (Å²) >= 11 is 11.3. The van der Waals surface area contributed by atoms with Crippen LogP contribution in [0.2, 0.25) is 5.02 Å². The molecule has 0 bridgehead atoms. The van der Waals surface area contributed by atoms with Crippen molar-refractivity contribution >= 4 is 50.1 Å². The Labute approximate surface area is 119 Å². The number of hydrogen-bond donors (Lipinski definition) is 1. The van der Waals surface area contributed by atoms with Gasteiger partial charge in [0.2, 0.25) is 0 Å². The summed E-state index contributed by atoms with van der Waals surface area (Å²) < 4.78 is 0.892. The third kappa shape index (κ3) is 3.39. The van der Waals surface area contributed by atoms with Gasteiger partial charge in [0.15, 0.2) is 5.17 Å². The van der Waals surface area contributed by atoms with Crippen LogP contribution < -0.4 is 5.32 Å². The Bertz CT molecular complexity index is 437. The third-order valence-electron chi connectivity index (χ3n) is 2.65. The molecule has 1 heterocycles. The fourth-order valence-electron chi connectivity index (χ4n) is 1.64. The largest absolute Gasteiger partial charge is 0.334 e. The smallest absolute Gasteiger partial charge is 0.161 e. The molecule has 1 unspecified atom stereocenters. The molecular formula is C12H14BrClN2S. The quantitative estimate of drug-likeness (QED) is 0.842. The van der Waals surface area contributed by atoms with E-state index in [1.54, 1.807) is 11.8 Å². The number of anilines is 1. The van der Waals surface area contributed by atoms with Gasteiger partial charge < -0.3 is 5.32 Å². The molecule has 92 valence electrons. The number of nitrogens with one attached hydrogen (secondary N) is 1. The maximum atomic E-state index is 6.05. The van der Waals surface area contributed by atoms with E-state index in [1.807, 2.05) is 18.2 Å². The zero-order chi connectivity index (χ0) is 12.3. The SMILES string of the molecule is CCC1CCSC(Nc2cccc(Cl)c2Br)=N1. The van der Waals surface area contributed by atoms with Crippen LogP contribution in [0.3, 0.4) is 0 Å². The number of aliphatic imine (C=N–C) groups is 1. The lowest BCUT2D eigenvalue weighted by atomic mass is 10.2. The van der Waals surface area contributed by atoms with Gasteiger partial charge in [-0.1, -0.05) is 36.4 Å². The molecule has 0 aromatic heterocycles. The average Bonchev–Trinajstić information content (AvgIpc) is 2.35. The molecule has 0 amide bonds. The van der Waals surface area contributed by atoms with Crippen LogP contribution in [0.15, 0.2) is 27.7 Å². The summed E-state index contributed by atoms with van der Waals surface area (Å²) in [6, 6.07) is 6.24. The molecule has 1 aromatic rings. The molecule has 1 N–H and O–H groups in total. The first kappa shape index (κ1) is 13.2. The Kier molecular flexibility index (Phi) is 4.77. The van der Waals surface area contributed by atoms with Crippen LogP contribution in [0.1, 0.15) is 19.8 Å². The van der Waals surface area contributed by atoms with E-state index < -0.39 is 0 Å². The molecule has 5 heteroatoms. The number of halogens is 2. The van der Waals surface area contributed by atoms with Gasteiger partial charge in [0.1, 0.15) is 0 Å². The Balaban J connectivity index is 2.15. The Morgan fingerprint density at radius 3 is 3.18 bits per heavy atom. The summed E-state index contributed by atoms with van der Waals surface area (Å²) in [5.41, 5.74) is 0.973. The van der Waals surface area contributed by atoms with Crippen molar-refractivity contribution < 1.29 is 0 Å². The second kappa shape index (κ2) is 6.12. The first-order valence-corrected chi connectivity index (χ1v) is 7.78. The lowest BCUT2D eigenvalue weighted by Crippen LogP contribution is -2.19. The van der Waals surface area contributed by atoms with Crippen LogP contribution in [-0.4, -0.2) is 17.0 Å². The molecule has 0 spiro atoms. The number of nitrogens with zero attached hydrogens (tertiary/aromatic N) is 1. The van der Waals surface area contributed by atoms with E-state index in [0.717, 1.165) is 27.5 Å². The topological polar surface area (TPSA) is 24.4 Å². The Hall–Kier alpha value is -0.190. The number of benzene rings is 1. The van der Waals surface area contributed by atoms with Gasteiger partial charge in [0.25, 0.3) is 0 Å². The first-order chi connectivity index (χ1) is 8.20. The first-order valence-electron chi connectivity index (χ1n) is 5.62. The van der Waals surface area contributed by atoms with E-state index in [2.05, 4.69) is 33.2 Å². The maximum Gasteiger partial charge on any atom is 0.161 e. The van der Waals surface area contributed by atoms with Crippen LogP contribution in [0, 0.1) is 0 Å². The van der Waals surface area contributed by atoms with Gasteiger partial charge in [-0.2, -0.15) is 0 Å². The van der Waals surface area contributed by atoms with E-state index in [1.165, 1.54) is 6.42 Å². The van der Waals surface area contributed by atoms with Gasteiger partial charge in [0, 0.05) is 5.75 Å². The van der Waals surface area contributed by atoms with Crippen LogP contribution in [0.5, 0.6) is 0 Å². The highest BCUT2D eigenvalue weighted by molar-refractivity contribution is 9.10. The predicted molar refractivity (Wildman–Crippen MR) is 81.4 cm³/mol. The van der Waals surface area contributed by atoms with Crippen molar-refractivity contribution in [3.63, 3.8) is 0 Å². The molecule has 17 heavy (non-hydrogen) atoms. The van der Waals surface area contributed by atoms with E-state index in [0.29, 0.717) is 11.1 Å². The molecule has 1 atom stereocenters. The van der Waals surface area contributed by atoms with Crippen molar-refractivity contribution in [3.8, 4) is 0 Å². The van der Waals surface area contributed by atoms with Crippen LogP contribution in [-0.2, 0) is 0 Å². The highest BCUT2D eigenvalue weighted by Gasteiger charge is 2.15. The normalized spacial score (nSPS) is 19.9. The molecule has 1 aliphatic heterocycles. The van der Waals surface area contributed by atoms with E-state index in [9.17, 15) is 0 Å². The fraction of sp³-hybridized carbons (Fsp3) is 0.417. The van der Waals surface area contributed by atoms with Gasteiger partial charge >= 0.3 is 0 Å². The fourth-order valence-corrected chi connectivity index (χ4v) is 3.17. The van der Waals surface area contributed by atoms with Crippen molar-refractivity contribution in [3.05, 3.63) is 27.7 Å². The van der Waals surface area contributed by atoms with E-state index in [-0.39, 0.29) is 0 Å². The Morgan fingerprint density at radius 1 is 1.59 bits per heavy atom. The lowest BCUT2D eigenvalue weighted by molar-refractivity contribution is 0.634. The van der Waals surface area contributed by atoms with Crippen LogP contribution in [0.25, 0.3) is 0 Å². The minimum absolute atomic E-state index is 0.455. The molecular weight excluding hydrogens is 320 g/mol. The summed E-state index contributed by atoms with van der Waals surface area (Å²) in [4.78, 5) is 4.67. The number of thioether (sulfide) groups is 1. The number of hydrogen-bond acceptors (Lipinski definition) is 3. The zero-order valence-electron chi connectivity index (χ0n) is 9.54. The summed E-state index contributed by atoms with van der Waals surface area (Å²) in [6.07, 6.45) is 2.27. The second-order valence-electron chi connectivity index (χ2n) is 3.86. The third-order valence-corrected chi connectivity index (χ3v) is 4.97. The minimum Gasteiger partial charge on any atom is -0.334 e. The molecule has 1 aliphatic rings. The molecule has 0 saturated carbocycles. The number of amidine groups is 1. The summed E-state index contributed by atoms with van der Waals surface area (Å²) in [6.45, 7) is 2.18. The number of rotatable bonds is 2. The molecule has 0 fully saturated rings. The van der Waals surface area contributed by atoms with Gasteiger partial charge in [-0.25, -0.2) is 0 Å². The van der Waals surface area contributed by atoms with Gasteiger partial charge in [0.05, 0.1) is 21.2 Å². The summed E-state index contributed by atoms with van der Waals surface area (Å²) in [7, 11) is 0. The molecule has 0 saturated heterocycles. The maximum absolute atomic E-state index is 6.05. The monoisotopic (exact) mass is 332 g/mol. The van der Waals surface area contributed by atoms with Crippen LogP contribution in [0.4, 0.5) is 5.69 Å². The van der Waals surface area contributed by atoms with Crippen molar-refractivity contribution in [2.75, 3.05) is 11.1 Å². The van der Waals surface area contributed by atoms with E-state index in [4.69, 9.17) is 11.6 Å². The average molecular weight is 334 g/mol. The minimum atomic E-state index is 0.455. The second-order valence-corrected chi connectivity index (χ2v) is 6.14. The zero-order valence-corrected chi connectivity index (χ0v) is 12.7. The van der Waals surface area contributed by atoms with Crippen molar-refractivity contribution in [2.45, 2.75) is 25.8 Å². The van der Waals surface area contributed by atoms with Crippen LogP contribution >= 0.6 is 39.3 Å². The molecule has 2 nitrogen and oxygen atoms in total. The van der Waals surface area contributed by atoms with Gasteiger partial charge in [-0.3, -0.25) is 4.99 Å². The van der Waals surface area contributed by atoms with Crippen molar-refractivity contribution in [1.82, 2.24) is 0 Å². The highest BCUT2D eigenvalue weighted by Crippen LogP contribution is 2.31. The van der Waals surface area contributed by atoms with Crippen molar-refractivity contribution in [2.24, 2.45) is 4.99 Å². The lowest BCUT2D eigenvalue weighted by Gasteiger charge is -2.20. The van der Waals surface area contributed by atoms with Gasteiger partial charge in [-0.15, -0.1) is 0 Å². The molecule has 1 aromatic carbocycles. The van der Waals surface area contributed by atoms with E-state index >= 15 is 0 Å². The summed E-state index contributed by atoms with van der Waals surface area (Å²) in [5.74, 6) is 1.13.